The third kappa shape index (κ3) is 1.74. The molecule has 0 aliphatic carbocycles. The Hall–Kier alpha value is -2.27. The van der Waals surface area contributed by atoms with E-state index >= 15 is 0 Å². The van der Waals surface area contributed by atoms with Crippen molar-refractivity contribution in [3.63, 3.8) is 0 Å². The SMILES string of the molecule is Cc1cc(-c2nc(CN)no2)c2ccccc2n1. The number of rotatable bonds is 2. The number of fused-ring (bicyclic) bond motifs is 1. The molecule has 5 nitrogen and oxygen atoms in total. The molecule has 0 amide bonds. The Bertz CT molecular complexity index is 705. The fourth-order valence-corrected chi connectivity index (χ4v) is 1.93. The largest absolute Gasteiger partial charge is 0.334 e. The van der Waals surface area contributed by atoms with Crippen molar-refractivity contribution in [3.8, 4) is 11.5 Å². The second-order valence-corrected chi connectivity index (χ2v) is 4.05. The second-order valence-electron chi connectivity index (χ2n) is 4.05. The van der Waals surface area contributed by atoms with Gasteiger partial charge in [0.2, 0.25) is 0 Å². The highest BCUT2D eigenvalue weighted by molar-refractivity contribution is 5.92. The minimum atomic E-state index is 0.269. The van der Waals surface area contributed by atoms with Crippen LogP contribution in [0.3, 0.4) is 0 Å². The lowest BCUT2D eigenvalue weighted by atomic mass is 10.1. The summed E-state index contributed by atoms with van der Waals surface area (Å²) in [6.45, 7) is 2.21. The van der Waals surface area contributed by atoms with Gasteiger partial charge in [-0.15, -0.1) is 0 Å². The van der Waals surface area contributed by atoms with Crippen molar-refractivity contribution in [2.45, 2.75) is 13.5 Å². The molecule has 3 aromatic rings. The molecule has 0 bridgehead atoms. The Balaban J connectivity index is 2.27. The summed E-state index contributed by atoms with van der Waals surface area (Å²) in [6.07, 6.45) is 0. The van der Waals surface area contributed by atoms with Crippen LogP contribution in [0.4, 0.5) is 0 Å². The van der Waals surface area contributed by atoms with Crippen LogP contribution < -0.4 is 5.73 Å². The summed E-state index contributed by atoms with van der Waals surface area (Å²) < 4.78 is 5.24. The van der Waals surface area contributed by atoms with E-state index in [0.717, 1.165) is 22.2 Å². The molecule has 0 atom stereocenters. The molecular formula is C13H12N4O. The van der Waals surface area contributed by atoms with Crippen LogP contribution in [0.25, 0.3) is 22.4 Å². The first kappa shape index (κ1) is 10.9. The van der Waals surface area contributed by atoms with E-state index in [9.17, 15) is 0 Å². The Morgan fingerprint density at radius 2 is 2.06 bits per heavy atom. The van der Waals surface area contributed by atoms with Gasteiger partial charge in [-0.1, -0.05) is 23.4 Å². The van der Waals surface area contributed by atoms with Crippen LogP contribution in [-0.2, 0) is 6.54 Å². The topological polar surface area (TPSA) is 77.8 Å². The fourth-order valence-electron chi connectivity index (χ4n) is 1.93. The van der Waals surface area contributed by atoms with E-state index in [1.54, 1.807) is 0 Å². The lowest BCUT2D eigenvalue weighted by Crippen LogP contribution is -1.97. The van der Waals surface area contributed by atoms with Crippen LogP contribution in [0, 0.1) is 6.92 Å². The van der Waals surface area contributed by atoms with E-state index in [4.69, 9.17) is 10.3 Å². The molecule has 2 aromatic heterocycles. The van der Waals surface area contributed by atoms with Crippen LogP contribution >= 0.6 is 0 Å². The van der Waals surface area contributed by atoms with Crippen LogP contribution in [0.5, 0.6) is 0 Å². The van der Waals surface area contributed by atoms with Crippen molar-refractivity contribution >= 4 is 10.9 Å². The van der Waals surface area contributed by atoms with Gasteiger partial charge in [-0.25, -0.2) is 0 Å². The van der Waals surface area contributed by atoms with E-state index in [0.29, 0.717) is 11.7 Å². The predicted octanol–water partition coefficient (Wildman–Crippen LogP) is 2.05. The minimum absolute atomic E-state index is 0.269. The molecule has 2 heterocycles. The van der Waals surface area contributed by atoms with Gasteiger partial charge in [0.15, 0.2) is 5.82 Å². The first-order chi connectivity index (χ1) is 8.78. The second kappa shape index (κ2) is 4.19. The minimum Gasteiger partial charge on any atom is -0.334 e. The summed E-state index contributed by atoms with van der Waals surface area (Å²) in [5, 5.41) is 4.81. The number of hydrogen-bond donors (Lipinski definition) is 1. The predicted molar refractivity (Wildman–Crippen MR) is 67.7 cm³/mol. The molecule has 18 heavy (non-hydrogen) atoms. The Morgan fingerprint density at radius 3 is 2.83 bits per heavy atom. The fraction of sp³-hybridized carbons (Fsp3) is 0.154. The Morgan fingerprint density at radius 1 is 1.22 bits per heavy atom. The molecular weight excluding hydrogens is 228 g/mol. The number of benzene rings is 1. The first-order valence-corrected chi connectivity index (χ1v) is 5.67. The maximum Gasteiger partial charge on any atom is 0.258 e. The molecule has 0 saturated carbocycles. The Labute approximate surface area is 104 Å². The van der Waals surface area contributed by atoms with Gasteiger partial charge in [0.1, 0.15) is 0 Å². The van der Waals surface area contributed by atoms with E-state index in [1.807, 2.05) is 37.3 Å². The summed E-state index contributed by atoms with van der Waals surface area (Å²) in [4.78, 5) is 8.73. The number of aromatic nitrogens is 3. The molecule has 0 aliphatic heterocycles. The highest BCUT2D eigenvalue weighted by Crippen LogP contribution is 2.27. The summed E-state index contributed by atoms with van der Waals surface area (Å²) >= 11 is 0. The summed E-state index contributed by atoms with van der Waals surface area (Å²) in [5.41, 5.74) is 8.21. The van der Waals surface area contributed by atoms with Gasteiger partial charge in [0.05, 0.1) is 17.6 Å². The summed E-state index contributed by atoms with van der Waals surface area (Å²) in [6, 6.07) is 9.81. The number of pyridine rings is 1. The number of nitrogens with two attached hydrogens (primary N) is 1. The molecule has 3 rings (SSSR count). The van der Waals surface area contributed by atoms with E-state index in [1.165, 1.54) is 0 Å². The van der Waals surface area contributed by atoms with Gasteiger partial charge in [-0.2, -0.15) is 4.98 Å². The lowest BCUT2D eigenvalue weighted by Gasteiger charge is -2.03. The van der Waals surface area contributed by atoms with Crippen LogP contribution in [0.15, 0.2) is 34.9 Å². The molecule has 0 aliphatic rings. The quantitative estimate of drug-likeness (QED) is 0.741. The summed E-state index contributed by atoms with van der Waals surface area (Å²) in [7, 11) is 0. The highest BCUT2D eigenvalue weighted by atomic mass is 16.5. The van der Waals surface area contributed by atoms with E-state index in [2.05, 4.69) is 15.1 Å². The maximum absolute atomic E-state index is 5.49. The molecule has 0 saturated heterocycles. The average Bonchev–Trinajstić information content (AvgIpc) is 2.86. The lowest BCUT2D eigenvalue weighted by molar-refractivity contribution is 0.423. The average molecular weight is 240 g/mol. The standard InChI is InChI=1S/C13H12N4O/c1-8-6-10(13-16-12(7-14)17-18-13)9-4-2-3-5-11(9)15-8/h2-6H,7,14H2,1H3. The van der Waals surface area contributed by atoms with Crippen molar-refractivity contribution in [2.24, 2.45) is 5.73 Å². The first-order valence-electron chi connectivity index (χ1n) is 5.67. The smallest absolute Gasteiger partial charge is 0.258 e. The number of para-hydroxylation sites is 1. The van der Waals surface area contributed by atoms with Crippen molar-refractivity contribution in [1.82, 2.24) is 15.1 Å². The molecule has 90 valence electrons. The molecule has 0 radical (unpaired) electrons. The van der Waals surface area contributed by atoms with Gasteiger partial charge in [0.25, 0.3) is 5.89 Å². The number of aryl methyl sites for hydroxylation is 1. The maximum atomic E-state index is 5.49. The molecule has 1 aromatic carbocycles. The molecule has 5 heteroatoms. The molecule has 0 unspecified atom stereocenters. The van der Waals surface area contributed by atoms with Gasteiger partial charge < -0.3 is 10.3 Å². The monoisotopic (exact) mass is 240 g/mol. The van der Waals surface area contributed by atoms with Crippen LogP contribution in [-0.4, -0.2) is 15.1 Å². The number of hydrogen-bond acceptors (Lipinski definition) is 5. The van der Waals surface area contributed by atoms with Crippen LogP contribution in [0.1, 0.15) is 11.5 Å². The van der Waals surface area contributed by atoms with Gasteiger partial charge >= 0.3 is 0 Å². The number of nitrogens with zero attached hydrogens (tertiary/aromatic N) is 3. The zero-order valence-corrected chi connectivity index (χ0v) is 9.92. The van der Waals surface area contributed by atoms with Crippen molar-refractivity contribution < 1.29 is 4.52 Å². The summed E-state index contributed by atoms with van der Waals surface area (Å²) in [5.74, 6) is 0.987. The zero-order chi connectivity index (χ0) is 12.5. The third-order valence-corrected chi connectivity index (χ3v) is 2.73. The zero-order valence-electron chi connectivity index (χ0n) is 9.92. The van der Waals surface area contributed by atoms with Gasteiger partial charge in [-0.3, -0.25) is 4.98 Å². The van der Waals surface area contributed by atoms with E-state index in [-0.39, 0.29) is 6.54 Å². The molecule has 2 N–H and O–H groups in total. The van der Waals surface area contributed by atoms with Crippen LogP contribution in [0.2, 0.25) is 0 Å². The van der Waals surface area contributed by atoms with E-state index < -0.39 is 0 Å². The van der Waals surface area contributed by atoms with Crippen molar-refractivity contribution in [3.05, 3.63) is 41.9 Å². The molecule has 0 fully saturated rings. The van der Waals surface area contributed by atoms with Crippen molar-refractivity contribution in [2.75, 3.05) is 0 Å². The normalized spacial score (nSPS) is 11.0. The van der Waals surface area contributed by atoms with Crippen molar-refractivity contribution in [1.29, 1.82) is 0 Å². The third-order valence-electron chi connectivity index (χ3n) is 2.73. The van der Waals surface area contributed by atoms with Gasteiger partial charge in [-0.05, 0) is 19.1 Å². The van der Waals surface area contributed by atoms with Gasteiger partial charge in [0, 0.05) is 11.1 Å². The Kier molecular flexibility index (Phi) is 2.53. The highest BCUT2D eigenvalue weighted by Gasteiger charge is 2.12. The molecule has 0 spiro atoms.